The Hall–Kier alpha value is -2.59. The van der Waals surface area contributed by atoms with E-state index >= 15 is 0 Å². The zero-order chi connectivity index (χ0) is 17.4. The number of benzene rings is 1. The molecule has 1 N–H and O–H groups in total. The fourth-order valence-electron chi connectivity index (χ4n) is 2.99. The van der Waals surface area contributed by atoms with E-state index in [9.17, 15) is 19.2 Å². The van der Waals surface area contributed by atoms with Gasteiger partial charge in [-0.2, -0.15) is 5.26 Å². The maximum atomic E-state index is 14.4. The van der Waals surface area contributed by atoms with E-state index < -0.39 is 17.4 Å². The lowest BCUT2D eigenvalue weighted by molar-refractivity contribution is 0.0963. The van der Waals surface area contributed by atoms with Gasteiger partial charge in [-0.05, 0) is 31.4 Å². The van der Waals surface area contributed by atoms with Crippen molar-refractivity contribution in [3.8, 4) is 11.8 Å². The van der Waals surface area contributed by atoms with Crippen molar-refractivity contribution in [2.24, 2.45) is 0 Å². The Morgan fingerprint density at radius 2 is 2.17 bits per heavy atom. The quantitative estimate of drug-likeness (QED) is 0.901. The molecule has 0 bridgehead atoms. The number of halogens is 2. The van der Waals surface area contributed by atoms with Gasteiger partial charge in [0.2, 0.25) is 0 Å². The van der Waals surface area contributed by atoms with Crippen LogP contribution in [0.25, 0.3) is 5.69 Å². The average molecular weight is 349 g/mol. The highest BCUT2D eigenvalue weighted by Crippen LogP contribution is 2.26. The Balaban J connectivity index is 2.31. The maximum Gasteiger partial charge on any atom is 0.334 e. The minimum Gasteiger partial charge on any atom is -0.355 e. The molecule has 6 nitrogen and oxygen atoms in total. The van der Waals surface area contributed by atoms with Gasteiger partial charge in [0.25, 0.3) is 5.91 Å². The summed E-state index contributed by atoms with van der Waals surface area (Å²) in [5.41, 5.74) is 0.107. The van der Waals surface area contributed by atoms with Crippen molar-refractivity contribution in [1.82, 2.24) is 14.5 Å². The molecule has 0 saturated heterocycles. The number of aromatic nitrogens is 2. The predicted octanol–water partition coefficient (Wildman–Crippen LogP) is 2.00. The van der Waals surface area contributed by atoms with Crippen LogP contribution in [0.3, 0.4) is 0 Å². The van der Waals surface area contributed by atoms with Crippen LogP contribution in [0.4, 0.5) is 4.39 Å². The summed E-state index contributed by atoms with van der Waals surface area (Å²) < 4.78 is 17.0. The molecule has 0 aliphatic carbocycles. The Morgan fingerprint density at radius 1 is 1.42 bits per heavy atom. The van der Waals surface area contributed by atoms with Crippen molar-refractivity contribution >= 4 is 17.5 Å². The van der Waals surface area contributed by atoms with Crippen LogP contribution in [0, 0.1) is 17.1 Å². The highest BCUT2D eigenvalue weighted by molar-refractivity contribution is 6.33. The highest BCUT2D eigenvalue weighted by Gasteiger charge is 2.25. The first kappa shape index (κ1) is 16.3. The second-order valence-electron chi connectivity index (χ2n) is 5.50. The molecular weight excluding hydrogens is 335 g/mol. The Kier molecular flexibility index (Phi) is 4.16. The van der Waals surface area contributed by atoms with E-state index in [1.165, 1.54) is 17.7 Å². The van der Waals surface area contributed by atoms with Crippen LogP contribution in [-0.2, 0) is 13.0 Å². The first-order valence-electron chi connectivity index (χ1n) is 7.45. The van der Waals surface area contributed by atoms with Gasteiger partial charge in [0.15, 0.2) is 0 Å². The van der Waals surface area contributed by atoms with Crippen LogP contribution >= 0.6 is 11.6 Å². The second-order valence-corrected chi connectivity index (χ2v) is 5.90. The maximum absolute atomic E-state index is 14.4. The lowest BCUT2D eigenvalue weighted by atomic mass is 10.1. The van der Waals surface area contributed by atoms with E-state index in [1.54, 1.807) is 0 Å². The van der Waals surface area contributed by atoms with Crippen LogP contribution in [0.1, 0.15) is 34.6 Å². The summed E-state index contributed by atoms with van der Waals surface area (Å²) in [5, 5.41) is 11.8. The Morgan fingerprint density at radius 3 is 2.83 bits per heavy atom. The molecule has 24 heavy (non-hydrogen) atoms. The third-order valence-electron chi connectivity index (χ3n) is 4.15. The third-order valence-corrected chi connectivity index (χ3v) is 4.46. The normalized spacial score (nSPS) is 13.2. The van der Waals surface area contributed by atoms with Gasteiger partial charge >= 0.3 is 5.69 Å². The number of nitriles is 1. The molecule has 3 rings (SSSR count). The molecule has 8 heteroatoms. The van der Waals surface area contributed by atoms with E-state index in [-0.39, 0.29) is 22.0 Å². The third kappa shape index (κ3) is 2.39. The molecule has 0 fully saturated rings. The van der Waals surface area contributed by atoms with Crippen molar-refractivity contribution < 1.29 is 9.18 Å². The van der Waals surface area contributed by atoms with E-state index in [2.05, 4.69) is 5.32 Å². The van der Waals surface area contributed by atoms with Crippen molar-refractivity contribution in [1.29, 1.82) is 5.26 Å². The summed E-state index contributed by atoms with van der Waals surface area (Å²) >= 11 is 5.92. The first-order valence-corrected chi connectivity index (χ1v) is 7.83. The zero-order valence-corrected chi connectivity index (χ0v) is 13.7. The summed E-state index contributed by atoms with van der Waals surface area (Å²) in [7, 11) is 1.42. The summed E-state index contributed by atoms with van der Waals surface area (Å²) in [5.74, 6) is -1.27. The largest absolute Gasteiger partial charge is 0.355 e. The lowest BCUT2D eigenvalue weighted by Gasteiger charge is -2.12. The number of rotatable bonds is 2. The van der Waals surface area contributed by atoms with Gasteiger partial charge in [-0.3, -0.25) is 9.36 Å². The lowest BCUT2D eigenvalue weighted by Crippen LogP contribution is -2.27. The van der Waals surface area contributed by atoms with Crippen LogP contribution < -0.4 is 11.0 Å². The smallest absolute Gasteiger partial charge is 0.334 e. The second kappa shape index (κ2) is 6.13. The molecule has 1 aliphatic heterocycles. The fraction of sp³-hybridized carbons (Fsp3) is 0.312. The summed E-state index contributed by atoms with van der Waals surface area (Å²) in [6, 6.07) is 4.17. The summed E-state index contributed by atoms with van der Waals surface area (Å²) in [6.45, 7) is 0.493. The fourth-order valence-corrected chi connectivity index (χ4v) is 3.23. The molecule has 2 heterocycles. The zero-order valence-electron chi connectivity index (χ0n) is 12.9. The van der Waals surface area contributed by atoms with Crippen molar-refractivity contribution in [3.63, 3.8) is 0 Å². The monoisotopic (exact) mass is 348 g/mol. The van der Waals surface area contributed by atoms with Crippen molar-refractivity contribution in [3.05, 3.63) is 50.4 Å². The van der Waals surface area contributed by atoms with Gasteiger partial charge in [-0.15, -0.1) is 0 Å². The van der Waals surface area contributed by atoms with Crippen LogP contribution in [0.5, 0.6) is 0 Å². The Bertz CT molecular complexity index is 939. The van der Waals surface area contributed by atoms with Gasteiger partial charge in [-0.25, -0.2) is 13.8 Å². The minimum atomic E-state index is -0.769. The molecule has 0 atom stereocenters. The average Bonchev–Trinajstić information content (AvgIpc) is 2.87. The molecule has 1 aromatic heterocycles. The van der Waals surface area contributed by atoms with E-state index in [1.807, 2.05) is 6.07 Å². The first-order chi connectivity index (χ1) is 11.5. The molecule has 1 amide bonds. The van der Waals surface area contributed by atoms with Gasteiger partial charge in [0.05, 0.1) is 22.0 Å². The number of hydrogen-bond donors (Lipinski definition) is 1. The predicted molar refractivity (Wildman–Crippen MR) is 86.0 cm³/mol. The molecule has 2 aromatic rings. The van der Waals surface area contributed by atoms with E-state index in [4.69, 9.17) is 11.6 Å². The van der Waals surface area contributed by atoms with Crippen molar-refractivity contribution in [2.45, 2.75) is 25.8 Å². The van der Waals surface area contributed by atoms with Gasteiger partial charge < -0.3 is 5.32 Å². The summed E-state index contributed by atoms with van der Waals surface area (Å²) in [4.78, 5) is 24.5. The molecule has 0 radical (unpaired) electrons. The summed E-state index contributed by atoms with van der Waals surface area (Å²) in [6.07, 6.45) is 2.28. The molecule has 0 spiro atoms. The van der Waals surface area contributed by atoms with E-state index in [0.29, 0.717) is 18.7 Å². The molecule has 1 aliphatic rings. The van der Waals surface area contributed by atoms with Gasteiger partial charge in [0, 0.05) is 13.6 Å². The van der Waals surface area contributed by atoms with E-state index in [0.717, 1.165) is 23.5 Å². The SMILES string of the molecule is CNC(=O)c1cc(-n2c(C#N)c3n(c2=O)CCCC3)c(F)cc1Cl. The number of nitrogens with zero attached hydrogens (tertiary/aromatic N) is 3. The number of carbonyl (C=O) groups excluding carboxylic acids is 1. The molecule has 124 valence electrons. The molecule has 1 aromatic carbocycles. The number of hydrogen-bond acceptors (Lipinski definition) is 3. The van der Waals surface area contributed by atoms with Crippen LogP contribution in [0.15, 0.2) is 16.9 Å². The van der Waals surface area contributed by atoms with Gasteiger partial charge in [-0.1, -0.05) is 11.6 Å². The van der Waals surface area contributed by atoms with Crippen molar-refractivity contribution in [2.75, 3.05) is 7.05 Å². The van der Waals surface area contributed by atoms with Gasteiger partial charge in [0.1, 0.15) is 17.6 Å². The Labute approximate surface area is 142 Å². The molecular formula is C16H14ClFN4O2. The number of amides is 1. The topological polar surface area (TPSA) is 79.8 Å². The minimum absolute atomic E-state index is 0.0375. The van der Waals surface area contributed by atoms with Crippen LogP contribution in [-0.4, -0.2) is 22.1 Å². The number of imidazole rings is 1. The molecule has 0 unspecified atom stereocenters. The number of carbonyl (C=O) groups is 1. The number of fused-ring (bicyclic) bond motifs is 1. The standard InChI is InChI=1S/C16H14ClFN4O2/c1-20-15(23)9-6-13(11(18)7-10(9)17)22-14(8-19)12-4-2-3-5-21(12)16(22)24/h6-7H,2-5H2,1H3,(H,20,23). The highest BCUT2D eigenvalue weighted by atomic mass is 35.5. The molecule has 0 saturated carbocycles. The van der Waals surface area contributed by atoms with Crippen LogP contribution in [0.2, 0.25) is 5.02 Å². The number of nitrogens with one attached hydrogen (secondary N) is 1.